The molecule has 0 saturated carbocycles. The fourth-order valence-corrected chi connectivity index (χ4v) is 2.77. The van der Waals surface area contributed by atoms with E-state index >= 15 is 0 Å². The van der Waals surface area contributed by atoms with E-state index in [1.54, 1.807) is 0 Å². The van der Waals surface area contributed by atoms with Gasteiger partial charge in [-0.25, -0.2) is 0 Å². The molecule has 0 bridgehead atoms. The fourth-order valence-electron chi connectivity index (χ4n) is 2.57. The molecular formula is C17H25ClO4. The maximum absolute atomic E-state index is 11.1. The van der Waals surface area contributed by atoms with Gasteiger partial charge in [-0.2, -0.15) is 0 Å². The SMILES string of the molecule is CCCCCCCCC(O)c1c(O)c(Cl)c(C)c(C=O)c1O. The van der Waals surface area contributed by atoms with E-state index in [0.29, 0.717) is 18.3 Å². The highest BCUT2D eigenvalue weighted by Gasteiger charge is 2.24. The summed E-state index contributed by atoms with van der Waals surface area (Å²) >= 11 is 5.97. The molecule has 1 aromatic carbocycles. The number of rotatable bonds is 9. The number of benzene rings is 1. The predicted molar refractivity (Wildman–Crippen MR) is 87.9 cm³/mol. The van der Waals surface area contributed by atoms with Gasteiger partial charge in [0.15, 0.2) is 6.29 Å². The van der Waals surface area contributed by atoms with Crippen molar-refractivity contribution >= 4 is 17.9 Å². The quantitative estimate of drug-likeness (QED) is 0.455. The number of aldehydes is 1. The molecule has 0 fully saturated rings. The second-order valence-corrected chi connectivity index (χ2v) is 6.03. The summed E-state index contributed by atoms with van der Waals surface area (Å²) in [5, 5.41) is 30.4. The molecular weight excluding hydrogens is 304 g/mol. The second kappa shape index (κ2) is 9.01. The van der Waals surface area contributed by atoms with Crippen molar-refractivity contribution in [2.75, 3.05) is 0 Å². The molecule has 0 aliphatic carbocycles. The van der Waals surface area contributed by atoms with Crippen LogP contribution in [-0.2, 0) is 0 Å². The summed E-state index contributed by atoms with van der Waals surface area (Å²) < 4.78 is 0. The molecule has 4 nitrogen and oxygen atoms in total. The molecule has 0 spiro atoms. The molecule has 1 atom stereocenters. The summed E-state index contributed by atoms with van der Waals surface area (Å²) in [6.45, 7) is 3.69. The van der Waals surface area contributed by atoms with E-state index in [0.717, 1.165) is 19.3 Å². The minimum Gasteiger partial charge on any atom is -0.507 e. The van der Waals surface area contributed by atoms with Crippen LogP contribution in [0.25, 0.3) is 0 Å². The van der Waals surface area contributed by atoms with Gasteiger partial charge >= 0.3 is 0 Å². The van der Waals surface area contributed by atoms with E-state index in [4.69, 9.17) is 11.6 Å². The molecule has 1 aromatic rings. The normalized spacial score (nSPS) is 12.4. The number of aliphatic hydroxyl groups is 1. The van der Waals surface area contributed by atoms with E-state index in [-0.39, 0.29) is 27.6 Å². The van der Waals surface area contributed by atoms with Crippen LogP contribution in [0.15, 0.2) is 0 Å². The third-order valence-corrected chi connectivity index (χ3v) is 4.45. The molecule has 0 saturated heterocycles. The van der Waals surface area contributed by atoms with Crippen LogP contribution in [-0.4, -0.2) is 21.6 Å². The predicted octanol–water partition coefficient (Wildman–Crippen LogP) is 4.66. The molecule has 0 aliphatic rings. The first kappa shape index (κ1) is 18.8. The lowest BCUT2D eigenvalue weighted by Crippen LogP contribution is -2.03. The molecule has 1 unspecified atom stereocenters. The van der Waals surface area contributed by atoms with Gasteiger partial charge in [-0.15, -0.1) is 0 Å². The fraction of sp³-hybridized carbons (Fsp3) is 0.588. The zero-order chi connectivity index (χ0) is 16.7. The molecule has 0 amide bonds. The third kappa shape index (κ3) is 4.37. The Kier molecular flexibility index (Phi) is 7.69. The lowest BCUT2D eigenvalue weighted by Gasteiger charge is -2.18. The van der Waals surface area contributed by atoms with Crippen LogP contribution in [0.3, 0.4) is 0 Å². The molecule has 3 N–H and O–H groups in total. The van der Waals surface area contributed by atoms with Crippen molar-refractivity contribution in [1.82, 2.24) is 0 Å². The van der Waals surface area contributed by atoms with E-state index in [1.165, 1.54) is 26.2 Å². The summed E-state index contributed by atoms with van der Waals surface area (Å²) in [7, 11) is 0. The van der Waals surface area contributed by atoms with Crippen molar-refractivity contribution in [2.45, 2.75) is 64.9 Å². The van der Waals surface area contributed by atoms with Crippen LogP contribution >= 0.6 is 11.6 Å². The summed E-state index contributed by atoms with van der Waals surface area (Å²) in [6.07, 6.45) is 6.29. The maximum Gasteiger partial charge on any atom is 0.154 e. The van der Waals surface area contributed by atoms with Gasteiger partial charge in [-0.05, 0) is 18.9 Å². The van der Waals surface area contributed by atoms with Gasteiger partial charge in [0.2, 0.25) is 0 Å². The van der Waals surface area contributed by atoms with Crippen LogP contribution < -0.4 is 0 Å². The molecule has 5 heteroatoms. The Bertz CT molecular complexity index is 514. The highest BCUT2D eigenvalue weighted by molar-refractivity contribution is 6.33. The Morgan fingerprint density at radius 3 is 2.27 bits per heavy atom. The van der Waals surface area contributed by atoms with Gasteiger partial charge in [0.05, 0.1) is 22.3 Å². The van der Waals surface area contributed by atoms with Gasteiger partial charge in [-0.1, -0.05) is 57.0 Å². The first-order valence-electron chi connectivity index (χ1n) is 7.82. The average Bonchev–Trinajstić information content (AvgIpc) is 2.49. The molecule has 0 heterocycles. The zero-order valence-corrected chi connectivity index (χ0v) is 14.0. The van der Waals surface area contributed by atoms with Crippen molar-refractivity contribution in [2.24, 2.45) is 0 Å². The summed E-state index contributed by atoms with van der Waals surface area (Å²) in [4.78, 5) is 11.1. The minimum absolute atomic E-state index is 0.00287. The second-order valence-electron chi connectivity index (χ2n) is 5.65. The van der Waals surface area contributed by atoms with Crippen LogP contribution in [0.2, 0.25) is 5.02 Å². The number of aromatic hydroxyl groups is 2. The first-order chi connectivity index (χ1) is 10.5. The largest absolute Gasteiger partial charge is 0.507 e. The van der Waals surface area contributed by atoms with Crippen LogP contribution in [0, 0.1) is 6.92 Å². The molecule has 0 radical (unpaired) electrons. The highest BCUT2D eigenvalue weighted by atomic mass is 35.5. The number of phenols is 2. The van der Waals surface area contributed by atoms with Gasteiger partial charge < -0.3 is 15.3 Å². The van der Waals surface area contributed by atoms with Crippen LogP contribution in [0.4, 0.5) is 0 Å². The molecule has 0 aromatic heterocycles. The lowest BCUT2D eigenvalue weighted by molar-refractivity contribution is 0.111. The lowest BCUT2D eigenvalue weighted by atomic mass is 9.95. The van der Waals surface area contributed by atoms with Crippen molar-refractivity contribution < 1.29 is 20.1 Å². The van der Waals surface area contributed by atoms with E-state index in [1.807, 2.05) is 0 Å². The molecule has 1 rings (SSSR count). The molecule has 22 heavy (non-hydrogen) atoms. The standard InChI is InChI=1S/C17H25ClO4/c1-3-4-5-6-7-8-9-13(20)14-16(21)12(10-19)11(2)15(18)17(14)22/h10,13,20-22H,3-9H2,1-2H3. The van der Waals surface area contributed by atoms with Gasteiger partial charge in [0, 0.05) is 0 Å². The van der Waals surface area contributed by atoms with E-state index in [9.17, 15) is 20.1 Å². The topological polar surface area (TPSA) is 77.8 Å². The van der Waals surface area contributed by atoms with Crippen molar-refractivity contribution in [1.29, 1.82) is 0 Å². The molecule has 124 valence electrons. The smallest absolute Gasteiger partial charge is 0.154 e. The number of aliphatic hydroxyl groups excluding tert-OH is 1. The summed E-state index contributed by atoms with van der Waals surface area (Å²) in [5.74, 6) is -0.728. The number of carbonyl (C=O) groups excluding carboxylic acids is 1. The Morgan fingerprint density at radius 2 is 1.68 bits per heavy atom. The van der Waals surface area contributed by atoms with E-state index in [2.05, 4.69) is 6.92 Å². The summed E-state index contributed by atoms with van der Waals surface area (Å²) in [6, 6.07) is 0. The number of carbonyl (C=O) groups is 1. The van der Waals surface area contributed by atoms with Crippen LogP contribution in [0.1, 0.15) is 79.5 Å². The van der Waals surface area contributed by atoms with E-state index < -0.39 is 6.10 Å². The number of hydrogen-bond acceptors (Lipinski definition) is 4. The number of unbranched alkanes of at least 4 members (excludes halogenated alkanes) is 5. The number of phenolic OH excluding ortho intramolecular Hbond substituents is 2. The summed E-state index contributed by atoms with van der Waals surface area (Å²) in [5.41, 5.74) is 0.272. The Hall–Kier alpha value is -1.26. The Labute approximate surface area is 136 Å². The zero-order valence-electron chi connectivity index (χ0n) is 13.2. The van der Waals surface area contributed by atoms with Crippen molar-refractivity contribution in [3.05, 3.63) is 21.7 Å². The maximum atomic E-state index is 11.1. The minimum atomic E-state index is -1.04. The first-order valence-corrected chi connectivity index (χ1v) is 8.20. The highest BCUT2D eigenvalue weighted by Crippen LogP contribution is 2.44. The van der Waals surface area contributed by atoms with Crippen LogP contribution in [0.5, 0.6) is 11.5 Å². The third-order valence-electron chi connectivity index (χ3n) is 3.99. The van der Waals surface area contributed by atoms with Gasteiger partial charge in [-0.3, -0.25) is 4.79 Å². The van der Waals surface area contributed by atoms with Crippen molar-refractivity contribution in [3.63, 3.8) is 0 Å². The van der Waals surface area contributed by atoms with Gasteiger partial charge in [0.1, 0.15) is 11.5 Å². The average molecular weight is 329 g/mol. The molecule has 0 aliphatic heterocycles. The Balaban J connectivity index is 2.79. The number of halogens is 1. The monoisotopic (exact) mass is 328 g/mol. The Morgan fingerprint density at radius 1 is 1.09 bits per heavy atom. The van der Waals surface area contributed by atoms with Gasteiger partial charge in [0.25, 0.3) is 0 Å². The number of hydrogen-bond donors (Lipinski definition) is 3. The van der Waals surface area contributed by atoms with Crippen molar-refractivity contribution in [3.8, 4) is 11.5 Å².